The van der Waals surface area contributed by atoms with Gasteiger partial charge >= 0.3 is 6.09 Å². The van der Waals surface area contributed by atoms with E-state index in [2.05, 4.69) is 33.9 Å². The van der Waals surface area contributed by atoms with Crippen LogP contribution in [0, 0.1) is 0 Å². The van der Waals surface area contributed by atoms with Crippen LogP contribution >= 0.6 is 0 Å². The first-order valence-electron chi connectivity index (χ1n) is 8.21. The molecule has 6 heteroatoms. The summed E-state index contributed by atoms with van der Waals surface area (Å²) in [5.74, 6) is 0. The number of amides is 1. The van der Waals surface area contributed by atoms with Gasteiger partial charge in [0.2, 0.25) is 8.32 Å². The molecule has 0 aliphatic heterocycles. The third-order valence-corrected chi connectivity index (χ3v) is 8.62. The summed E-state index contributed by atoms with van der Waals surface area (Å²) in [6, 6.07) is 9.09. The van der Waals surface area contributed by atoms with Gasteiger partial charge in [-0.3, -0.25) is 0 Å². The number of aldehydes is 1. The van der Waals surface area contributed by atoms with E-state index in [1.54, 1.807) is 6.92 Å². The molecule has 0 heterocycles. The van der Waals surface area contributed by atoms with E-state index in [9.17, 15) is 9.59 Å². The van der Waals surface area contributed by atoms with Crippen molar-refractivity contribution >= 4 is 20.7 Å². The molecule has 0 spiro atoms. The zero-order valence-electron chi connectivity index (χ0n) is 15.5. The van der Waals surface area contributed by atoms with Gasteiger partial charge in [0.25, 0.3) is 0 Å². The SMILES string of the molecule is C[C@@H](CC=O)N(O[Si](C)(C)C(C)(C)C)C(=O)OCc1ccccc1. The number of benzene rings is 1. The number of hydrogen-bond donors (Lipinski definition) is 0. The van der Waals surface area contributed by atoms with Gasteiger partial charge in [-0.25, -0.2) is 4.79 Å². The summed E-state index contributed by atoms with van der Waals surface area (Å²) >= 11 is 0. The highest BCUT2D eigenvalue weighted by Crippen LogP contribution is 2.37. The van der Waals surface area contributed by atoms with E-state index < -0.39 is 14.4 Å². The molecule has 1 amide bonds. The molecule has 0 radical (unpaired) electrons. The molecule has 0 saturated carbocycles. The predicted molar refractivity (Wildman–Crippen MR) is 96.9 cm³/mol. The lowest BCUT2D eigenvalue weighted by Gasteiger charge is -2.40. The molecule has 5 nitrogen and oxygen atoms in total. The molecule has 1 rings (SSSR count). The second kappa shape index (κ2) is 8.44. The van der Waals surface area contributed by atoms with Crippen LogP contribution in [-0.4, -0.2) is 31.8 Å². The Morgan fingerprint density at radius 3 is 2.33 bits per heavy atom. The van der Waals surface area contributed by atoms with Gasteiger partial charge in [0.15, 0.2) is 0 Å². The lowest BCUT2D eigenvalue weighted by molar-refractivity contribution is -0.115. The molecule has 0 fully saturated rings. The molecule has 24 heavy (non-hydrogen) atoms. The molecule has 0 aliphatic rings. The van der Waals surface area contributed by atoms with Gasteiger partial charge in [-0.2, -0.15) is 5.06 Å². The van der Waals surface area contributed by atoms with Crippen LogP contribution in [0.3, 0.4) is 0 Å². The Morgan fingerprint density at radius 1 is 1.25 bits per heavy atom. The van der Waals surface area contributed by atoms with E-state index in [1.165, 1.54) is 5.06 Å². The van der Waals surface area contributed by atoms with Gasteiger partial charge in [0.1, 0.15) is 12.9 Å². The molecule has 0 aliphatic carbocycles. The lowest BCUT2D eigenvalue weighted by atomic mass is 10.2. The number of carbonyl (C=O) groups excluding carboxylic acids is 2. The molecule has 0 N–H and O–H groups in total. The van der Waals surface area contributed by atoms with Crippen LogP contribution in [0.25, 0.3) is 0 Å². The van der Waals surface area contributed by atoms with Crippen molar-refractivity contribution in [1.29, 1.82) is 0 Å². The minimum absolute atomic E-state index is 0.0636. The molecule has 0 bridgehead atoms. The highest BCUT2D eigenvalue weighted by molar-refractivity contribution is 6.74. The Kier molecular flexibility index (Phi) is 7.17. The van der Waals surface area contributed by atoms with Crippen LogP contribution in [0.1, 0.15) is 39.7 Å². The maximum Gasteiger partial charge on any atom is 0.433 e. The Labute approximate surface area is 146 Å². The minimum atomic E-state index is -2.22. The standard InChI is InChI=1S/C18H29NO4Si/c1-15(12-13-20)19(23-24(5,6)18(2,3)4)17(21)22-14-16-10-8-7-9-11-16/h7-11,13,15H,12,14H2,1-6H3/t15-/m0/s1. The summed E-state index contributed by atoms with van der Waals surface area (Å²) in [6.45, 7) is 12.3. The zero-order chi connectivity index (χ0) is 18.4. The monoisotopic (exact) mass is 351 g/mol. The summed E-state index contributed by atoms with van der Waals surface area (Å²) in [6.07, 6.45) is 0.435. The fourth-order valence-corrected chi connectivity index (χ4v) is 2.73. The van der Waals surface area contributed by atoms with Gasteiger partial charge in [-0.1, -0.05) is 51.1 Å². The number of hydrogen-bond acceptors (Lipinski definition) is 4. The molecule has 1 aromatic carbocycles. The second-order valence-corrected chi connectivity index (χ2v) is 12.2. The maximum atomic E-state index is 12.5. The molecule has 0 saturated heterocycles. The van der Waals surface area contributed by atoms with Gasteiger partial charge in [-0.05, 0) is 30.6 Å². The summed E-state index contributed by atoms with van der Waals surface area (Å²) < 4.78 is 11.5. The van der Waals surface area contributed by atoms with Crippen LogP contribution < -0.4 is 0 Å². The van der Waals surface area contributed by atoms with Crippen molar-refractivity contribution < 1.29 is 18.9 Å². The minimum Gasteiger partial charge on any atom is -0.443 e. The van der Waals surface area contributed by atoms with Crippen molar-refractivity contribution in [3.8, 4) is 0 Å². The van der Waals surface area contributed by atoms with E-state index >= 15 is 0 Å². The van der Waals surface area contributed by atoms with Gasteiger partial charge in [0.05, 0.1) is 6.04 Å². The van der Waals surface area contributed by atoms with E-state index in [4.69, 9.17) is 9.26 Å². The number of ether oxygens (including phenoxy) is 1. The lowest BCUT2D eigenvalue weighted by Crippen LogP contribution is -2.51. The van der Waals surface area contributed by atoms with Gasteiger partial charge in [-0.15, -0.1) is 0 Å². The summed E-state index contributed by atoms with van der Waals surface area (Å²) in [5, 5.41) is 1.18. The zero-order valence-corrected chi connectivity index (χ0v) is 16.5. The second-order valence-electron chi connectivity index (χ2n) is 7.47. The molecule has 134 valence electrons. The van der Waals surface area contributed by atoms with Gasteiger partial charge < -0.3 is 14.1 Å². The third kappa shape index (κ3) is 5.76. The molecular weight excluding hydrogens is 322 g/mol. The topological polar surface area (TPSA) is 55.8 Å². The Morgan fingerprint density at radius 2 is 1.83 bits per heavy atom. The highest BCUT2D eigenvalue weighted by atomic mass is 28.4. The number of hydroxylamine groups is 2. The van der Waals surface area contributed by atoms with Crippen LogP contribution in [0.5, 0.6) is 0 Å². The average Bonchev–Trinajstić information content (AvgIpc) is 2.50. The van der Waals surface area contributed by atoms with Crippen molar-refractivity contribution in [2.75, 3.05) is 0 Å². The molecule has 0 unspecified atom stereocenters. The van der Waals surface area contributed by atoms with Crippen molar-refractivity contribution in [2.24, 2.45) is 0 Å². The fraction of sp³-hybridized carbons (Fsp3) is 0.556. The van der Waals surface area contributed by atoms with Crippen molar-refractivity contribution in [3.63, 3.8) is 0 Å². The molecular formula is C18H29NO4Si. The normalized spacial score (nSPS) is 13.2. The molecule has 1 aromatic rings. The van der Waals surface area contributed by atoms with E-state index in [-0.39, 0.29) is 24.1 Å². The summed E-state index contributed by atoms with van der Waals surface area (Å²) in [4.78, 5) is 23.4. The van der Waals surface area contributed by atoms with Crippen molar-refractivity contribution in [1.82, 2.24) is 5.06 Å². The Hall–Kier alpha value is -1.66. The fourth-order valence-electron chi connectivity index (χ4n) is 1.71. The smallest absolute Gasteiger partial charge is 0.433 e. The van der Waals surface area contributed by atoms with E-state index in [1.807, 2.05) is 30.3 Å². The Balaban J connectivity index is 2.84. The predicted octanol–water partition coefficient (Wildman–Crippen LogP) is 4.54. The first kappa shape index (κ1) is 20.4. The van der Waals surface area contributed by atoms with Crippen molar-refractivity contribution in [2.45, 2.75) is 64.9 Å². The molecule has 0 aromatic heterocycles. The number of rotatable bonds is 7. The van der Waals surface area contributed by atoms with Crippen LogP contribution in [0.4, 0.5) is 4.79 Å². The van der Waals surface area contributed by atoms with Gasteiger partial charge in [0, 0.05) is 6.42 Å². The first-order chi connectivity index (χ1) is 11.1. The van der Waals surface area contributed by atoms with Crippen LogP contribution in [0.2, 0.25) is 18.1 Å². The maximum absolute atomic E-state index is 12.5. The van der Waals surface area contributed by atoms with E-state index in [0.29, 0.717) is 0 Å². The number of carbonyl (C=O) groups is 2. The van der Waals surface area contributed by atoms with Crippen LogP contribution in [-0.2, 0) is 20.7 Å². The molecule has 1 atom stereocenters. The third-order valence-electron chi connectivity index (χ3n) is 4.36. The largest absolute Gasteiger partial charge is 0.443 e. The van der Waals surface area contributed by atoms with Crippen molar-refractivity contribution in [3.05, 3.63) is 35.9 Å². The average molecular weight is 352 g/mol. The number of nitrogens with zero attached hydrogens (tertiary/aromatic N) is 1. The summed E-state index contributed by atoms with van der Waals surface area (Å²) in [7, 11) is -2.22. The van der Waals surface area contributed by atoms with Crippen LogP contribution in [0.15, 0.2) is 30.3 Å². The van der Waals surface area contributed by atoms with E-state index in [0.717, 1.165) is 11.8 Å². The first-order valence-corrected chi connectivity index (χ1v) is 11.1. The highest BCUT2D eigenvalue weighted by Gasteiger charge is 2.42. The Bertz CT molecular complexity index is 540. The quantitative estimate of drug-likeness (QED) is 0.411. The summed E-state index contributed by atoms with van der Waals surface area (Å²) in [5.41, 5.74) is 0.904.